The molecule has 43 heavy (non-hydrogen) atoms. The maximum Gasteiger partial charge on any atom is 0.306 e. The molecule has 0 aliphatic carbocycles. The van der Waals surface area contributed by atoms with Crippen LogP contribution in [0.3, 0.4) is 0 Å². The molecule has 0 aliphatic rings. The zero-order valence-corrected chi connectivity index (χ0v) is 29.2. The highest BCUT2D eigenvalue weighted by Crippen LogP contribution is 2.14. The summed E-state index contributed by atoms with van der Waals surface area (Å²) < 4.78 is 11.1. The molecule has 4 nitrogen and oxygen atoms in total. The standard InChI is InChI=1S/C39H76O4/c1-3-5-7-9-11-12-13-14-15-16-17-18-19-20-21-22-23-24-25-26-27-29-31-33-35-42-37-38(36-40)43-39(41)34-32-30-28-10-8-6-4-2/h16-17,38,40H,3-15,18-37H2,1-2H3/b17-16-. The summed E-state index contributed by atoms with van der Waals surface area (Å²) in [6.07, 6.45) is 42.8. The van der Waals surface area contributed by atoms with Crippen molar-refractivity contribution in [2.24, 2.45) is 0 Å². The average molecular weight is 609 g/mol. The first-order valence-electron chi connectivity index (χ1n) is 19.3. The highest BCUT2D eigenvalue weighted by atomic mass is 16.6. The van der Waals surface area contributed by atoms with Crippen molar-refractivity contribution in [3.63, 3.8) is 0 Å². The van der Waals surface area contributed by atoms with E-state index in [1.54, 1.807) is 0 Å². The van der Waals surface area contributed by atoms with Crippen LogP contribution in [-0.2, 0) is 14.3 Å². The summed E-state index contributed by atoms with van der Waals surface area (Å²) in [4.78, 5) is 12.0. The van der Waals surface area contributed by atoms with Crippen molar-refractivity contribution in [3.8, 4) is 0 Å². The van der Waals surface area contributed by atoms with Gasteiger partial charge < -0.3 is 14.6 Å². The predicted octanol–water partition coefficient (Wildman–Crippen LogP) is 12.2. The van der Waals surface area contributed by atoms with Gasteiger partial charge in [0.15, 0.2) is 0 Å². The van der Waals surface area contributed by atoms with Crippen molar-refractivity contribution in [2.45, 2.75) is 213 Å². The number of hydrogen-bond acceptors (Lipinski definition) is 4. The molecule has 0 spiro atoms. The van der Waals surface area contributed by atoms with Gasteiger partial charge in [0, 0.05) is 13.0 Å². The quantitative estimate of drug-likeness (QED) is 0.0437. The molecule has 0 rings (SSSR count). The highest BCUT2D eigenvalue weighted by Gasteiger charge is 2.13. The summed E-state index contributed by atoms with van der Waals surface area (Å²) in [6.45, 7) is 5.33. The molecule has 1 N–H and O–H groups in total. The zero-order valence-electron chi connectivity index (χ0n) is 29.2. The number of rotatable bonds is 36. The Balaban J connectivity index is 3.32. The third-order valence-corrected chi connectivity index (χ3v) is 8.59. The molecule has 0 fully saturated rings. The van der Waals surface area contributed by atoms with Crippen LogP contribution < -0.4 is 0 Å². The van der Waals surface area contributed by atoms with Gasteiger partial charge in [-0.3, -0.25) is 4.79 Å². The molecular formula is C39H76O4. The lowest BCUT2D eigenvalue weighted by Gasteiger charge is -2.15. The molecule has 1 unspecified atom stereocenters. The fourth-order valence-corrected chi connectivity index (χ4v) is 5.68. The molecule has 0 amide bonds. The van der Waals surface area contributed by atoms with Crippen LogP contribution in [0.15, 0.2) is 12.2 Å². The van der Waals surface area contributed by atoms with Gasteiger partial charge in [-0.05, 0) is 38.5 Å². The van der Waals surface area contributed by atoms with Gasteiger partial charge in [-0.1, -0.05) is 174 Å². The molecule has 1 atom stereocenters. The maximum absolute atomic E-state index is 12.0. The molecule has 0 saturated carbocycles. The maximum atomic E-state index is 12.0. The Morgan fingerprint density at radius 2 is 0.907 bits per heavy atom. The minimum absolute atomic E-state index is 0.167. The van der Waals surface area contributed by atoms with Crippen LogP contribution >= 0.6 is 0 Å². The minimum atomic E-state index is -0.525. The van der Waals surface area contributed by atoms with Crippen LogP contribution in [0.2, 0.25) is 0 Å². The number of esters is 1. The SMILES string of the molecule is CCCCCCCCCC/C=C\CCCCCCCCCCCCCCOCC(CO)OC(=O)CCCCCCCCC. The largest absolute Gasteiger partial charge is 0.457 e. The second kappa shape index (κ2) is 37.3. The van der Waals surface area contributed by atoms with Crippen LogP contribution in [0.4, 0.5) is 0 Å². The summed E-state index contributed by atoms with van der Waals surface area (Å²) in [5.74, 6) is -0.205. The average Bonchev–Trinajstić information content (AvgIpc) is 3.01. The number of ether oxygens (including phenoxy) is 2. The molecule has 0 aliphatic heterocycles. The van der Waals surface area contributed by atoms with Crippen LogP contribution in [0, 0.1) is 0 Å². The Labute approximate surface area is 269 Å². The molecule has 0 aromatic carbocycles. The Morgan fingerprint density at radius 3 is 1.33 bits per heavy atom. The summed E-state index contributed by atoms with van der Waals surface area (Å²) in [5, 5.41) is 9.50. The van der Waals surface area contributed by atoms with E-state index in [1.807, 2.05) is 0 Å². The van der Waals surface area contributed by atoms with Gasteiger partial charge in [0.2, 0.25) is 0 Å². The van der Waals surface area contributed by atoms with Crippen LogP contribution in [0.1, 0.15) is 206 Å². The lowest BCUT2D eigenvalue weighted by atomic mass is 10.0. The van der Waals surface area contributed by atoms with Gasteiger partial charge in [0.1, 0.15) is 6.10 Å². The second-order valence-electron chi connectivity index (χ2n) is 13.0. The Kier molecular flexibility index (Phi) is 36.6. The van der Waals surface area contributed by atoms with Crippen molar-refractivity contribution in [3.05, 3.63) is 12.2 Å². The number of aliphatic hydroxyl groups excluding tert-OH is 1. The lowest BCUT2D eigenvalue weighted by molar-refractivity contribution is -0.154. The third kappa shape index (κ3) is 35.5. The Morgan fingerprint density at radius 1 is 0.535 bits per heavy atom. The normalized spacial score (nSPS) is 12.3. The van der Waals surface area contributed by atoms with Crippen LogP contribution in [0.5, 0.6) is 0 Å². The summed E-state index contributed by atoms with van der Waals surface area (Å²) in [6, 6.07) is 0. The van der Waals surface area contributed by atoms with Gasteiger partial charge in [0.05, 0.1) is 13.2 Å². The molecule has 4 heteroatoms. The molecule has 0 heterocycles. The van der Waals surface area contributed by atoms with Crippen molar-refractivity contribution >= 4 is 5.97 Å². The van der Waals surface area contributed by atoms with E-state index >= 15 is 0 Å². The van der Waals surface area contributed by atoms with Gasteiger partial charge in [-0.15, -0.1) is 0 Å². The number of unbranched alkanes of at least 4 members (excludes halogenated alkanes) is 26. The third-order valence-electron chi connectivity index (χ3n) is 8.59. The molecule has 0 saturated heterocycles. The van der Waals surface area contributed by atoms with Crippen molar-refractivity contribution in [2.75, 3.05) is 19.8 Å². The molecule has 0 aromatic rings. The number of carbonyl (C=O) groups is 1. The smallest absolute Gasteiger partial charge is 0.306 e. The number of aliphatic hydroxyl groups is 1. The van der Waals surface area contributed by atoms with Crippen LogP contribution in [0.25, 0.3) is 0 Å². The van der Waals surface area contributed by atoms with Gasteiger partial charge in [0.25, 0.3) is 0 Å². The minimum Gasteiger partial charge on any atom is -0.457 e. The summed E-state index contributed by atoms with van der Waals surface area (Å²) in [5.41, 5.74) is 0. The van der Waals surface area contributed by atoms with Crippen LogP contribution in [-0.4, -0.2) is 37.0 Å². The molecule has 0 bridgehead atoms. The van der Waals surface area contributed by atoms with E-state index in [0.29, 0.717) is 19.6 Å². The predicted molar refractivity (Wildman–Crippen MR) is 187 cm³/mol. The zero-order chi connectivity index (χ0) is 31.3. The monoisotopic (exact) mass is 609 g/mol. The number of hydrogen-bond donors (Lipinski definition) is 1. The first kappa shape index (κ1) is 42.1. The molecule has 0 radical (unpaired) electrons. The number of carbonyl (C=O) groups excluding carboxylic acids is 1. The van der Waals surface area contributed by atoms with Crippen molar-refractivity contribution in [1.29, 1.82) is 0 Å². The van der Waals surface area contributed by atoms with Gasteiger partial charge in [-0.2, -0.15) is 0 Å². The summed E-state index contributed by atoms with van der Waals surface area (Å²) in [7, 11) is 0. The van der Waals surface area contributed by atoms with E-state index < -0.39 is 6.10 Å². The summed E-state index contributed by atoms with van der Waals surface area (Å²) >= 11 is 0. The van der Waals surface area contributed by atoms with E-state index in [2.05, 4.69) is 26.0 Å². The fourth-order valence-electron chi connectivity index (χ4n) is 5.68. The van der Waals surface area contributed by atoms with E-state index in [9.17, 15) is 9.90 Å². The molecular weight excluding hydrogens is 532 g/mol. The Bertz CT molecular complexity index is 561. The fraction of sp³-hybridized carbons (Fsp3) is 0.923. The topological polar surface area (TPSA) is 55.8 Å². The Hall–Kier alpha value is -0.870. The van der Waals surface area contributed by atoms with E-state index in [-0.39, 0.29) is 12.6 Å². The lowest BCUT2D eigenvalue weighted by Crippen LogP contribution is -2.27. The van der Waals surface area contributed by atoms with Gasteiger partial charge in [-0.25, -0.2) is 0 Å². The van der Waals surface area contributed by atoms with E-state index in [0.717, 1.165) is 19.3 Å². The van der Waals surface area contributed by atoms with E-state index in [4.69, 9.17) is 9.47 Å². The second-order valence-corrected chi connectivity index (χ2v) is 13.0. The first-order valence-corrected chi connectivity index (χ1v) is 19.3. The molecule has 0 aromatic heterocycles. The number of allylic oxidation sites excluding steroid dienone is 2. The van der Waals surface area contributed by atoms with E-state index in [1.165, 1.54) is 167 Å². The molecule has 256 valence electrons. The van der Waals surface area contributed by atoms with Gasteiger partial charge >= 0.3 is 5.97 Å². The highest BCUT2D eigenvalue weighted by molar-refractivity contribution is 5.69. The first-order chi connectivity index (χ1) is 21.2. The van der Waals surface area contributed by atoms with Crippen molar-refractivity contribution in [1.82, 2.24) is 0 Å². The van der Waals surface area contributed by atoms with Crippen molar-refractivity contribution < 1.29 is 19.4 Å².